The van der Waals surface area contributed by atoms with Crippen LogP contribution in [-0.2, 0) is 19.1 Å². The minimum absolute atomic E-state index is 0.228. The van der Waals surface area contributed by atoms with Crippen LogP contribution in [0.25, 0.3) is 0 Å². The number of methoxy groups -OCH3 is 1. The molecule has 1 atom stereocenters. The lowest BCUT2D eigenvalue weighted by Crippen LogP contribution is -2.24. The van der Waals surface area contributed by atoms with Crippen LogP contribution in [0, 0.1) is 5.92 Å². The molecule has 0 saturated carbocycles. The molecule has 1 rings (SSSR count). The minimum Gasteiger partial charge on any atom is -0.466 e. The van der Waals surface area contributed by atoms with Crippen LogP contribution in [0.2, 0.25) is 0 Å². The van der Waals surface area contributed by atoms with E-state index in [1.807, 2.05) is 0 Å². The fourth-order valence-electron chi connectivity index (χ4n) is 1.31. The van der Waals surface area contributed by atoms with Gasteiger partial charge in [0, 0.05) is 11.3 Å². The summed E-state index contributed by atoms with van der Waals surface area (Å²) in [5.41, 5.74) is 0.548. The molecule has 0 radical (unpaired) electrons. The van der Waals surface area contributed by atoms with Gasteiger partial charge in [-0.2, -0.15) is 0 Å². The van der Waals surface area contributed by atoms with Crippen LogP contribution < -0.4 is 0 Å². The maximum atomic E-state index is 11.4. The highest BCUT2D eigenvalue weighted by atomic mass is 32.2. The zero-order valence-electron chi connectivity index (χ0n) is 8.82. The van der Waals surface area contributed by atoms with E-state index in [4.69, 9.17) is 4.74 Å². The van der Waals surface area contributed by atoms with Gasteiger partial charge in [0.2, 0.25) is 0 Å². The van der Waals surface area contributed by atoms with Crippen LogP contribution in [0.1, 0.15) is 13.3 Å². The number of thioether (sulfide) groups is 1. The largest absolute Gasteiger partial charge is 0.466 e. The fraction of sp³-hybridized carbons (Fsp3) is 0.600. The molecule has 0 aromatic rings. The first-order valence-corrected chi connectivity index (χ1v) is 5.79. The van der Waals surface area contributed by atoms with Crippen LogP contribution in [0.3, 0.4) is 0 Å². The minimum atomic E-state index is -0.364. The van der Waals surface area contributed by atoms with Crippen molar-refractivity contribution in [2.24, 2.45) is 5.92 Å². The number of ether oxygens (including phenoxy) is 2. The Bertz CT molecular complexity index is 285. The van der Waals surface area contributed by atoms with Crippen molar-refractivity contribution >= 4 is 23.7 Å². The van der Waals surface area contributed by atoms with Crippen LogP contribution in [0.5, 0.6) is 0 Å². The molecule has 84 valence electrons. The van der Waals surface area contributed by atoms with E-state index in [1.165, 1.54) is 18.9 Å². The van der Waals surface area contributed by atoms with Gasteiger partial charge in [-0.3, -0.25) is 4.79 Å². The third-order valence-corrected chi connectivity index (χ3v) is 3.10. The monoisotopic (exact) mass is 230 g/mol. The molecule has 0 spiro atoms. The van der Waals surface area contributed by atoms with Gasteiger partial charge in [0.1, 0.15) is 0 Å². The van der Waals surface area contributed by atoms with E-state index in [0.29, 0.717) is 24.4 Å². The summed E-state index contributed by atoms with van der Waals surface area (Å²) in [6, 6.07) is 0. The zero-order valence-corrected chi connectivity index (χ0v) is 9.63. The molecule has 0 amide bonds. The second kappa shape index (κ2) is 5.80. The molecular formula is C10H14O4S. The third kappa shape index (κ3) is 3.27. The molecule has 5 heteroatoms. The van der Waals surface area contributed by atoms with E-state index in [9.17, 15) is 9.59 Å². The molecule has 0 saturated heterocycles. The highest BCUT2D eigenvalue weighted by Crippen LogP contribution is 2.27. The SMILES string of the molecule is CCOC(=O)[C@@H]1CSC=C(C(=O)OC)C1. The highest BCUT2D eigenvalue weighted by molar-refractivity contribution is 8.02. The van der Waals surface area contributed by atoms with Gasteiger partial charge in [0.25, 0.3) is 0 Å². The molecule has 1 aliphatic heterocycles. The first-order valence-electron chi connectivity index (χ1n) is 4.74. The Hall–Kier alpha value is -0.970. The molecule has 0 fully saturated rings. The molecule has 1 heterocycles. The molecule has 0 aliphatic carbocycles. The van der Waals surface area contributed by atoms with E-state index in [0.717, 1.165) is 0 Å². The first kappa shape index (κ1) is 12.1. The van der Waals surface area contributed by atoms with Crippen molar-refractivity contribution in [1.29, 1.82) is 0 Å². The van der Waals surface area contributed by atoms with Crippen LogP contribution >= 0.6 is 11.8 Å². The lowest BCUT2D eigenvalue weighted by Gasteiger charge is -2.19. The van der Waals surface area contributed by atoms with Gasteiger partial charge < -0.3 is 9.47 Å². The van der Waals surface area contributed by atoms with Crippen molar-refractivity contribution < 1.29 is 19.1 Å². The average molecular weight is 230 g/mol. The van der Waals surface area contributed by atoms with Gasteiger partial charge in [-0.25, -0.2) is 4.79 Å². The van der Waals surface area contributed by atoms with E-state index < -0.39 is 0 Å². The van der Waals surface area contributed by atoms with Crippen LogP contribution in [-0.4, -0.2) is 31.4 Å². The second-order valence-electron chi connectivity index (χ2n) is 3.12. The van der Waals surface area contributed by atoms with Crippen molar-refractivity contribution in [2.75, 3.05) is 19.5 Å². The smallest absolute Gasteiger partial charge is 0.334 e. The summed E-state index contributed by atoms with van der Waals surface area (Å²) in [4.78, 5) is 22.7. The van der Waals surface area contributed by atoms with Crippen LogP contribution in [0.15, 0.2) is 11.0 Å². The summed E-state index contributed by atoms with van der Waals surface area (Å²) < 4.78 is 9.52. The molecule has 0 bridgehead atoms. The lowest BCUT2D eigenvalue weighted by atomic mass is 10.0. The lowest BCUT2D eigenvalue weighted by molar-refractivity contribution is -0.147. The van der Waals surface area contributed by atoms with Gasteiger partial charge in [0.15, 0.2) is 0 Å². The summed E-state index contributed by atoms with van der Waals surface area (Å²) in [6.45, 7) is 2.14. The van der Waals surface area contributed by atoms with Crippen molar-refractivity contribution in [3.05, 3.63) is 11.0 Å². The molecule has 0 aromatic carbocycles. The maximum Gasteiger partial charge on any atom is 0.334 e. The summed E-state index contributed by atoms with van der Waals surface area (Å²) in [6.07, 6.45) is 0.415. The van der Waals surface area contributed by atoms with Crippen molar-refractivity contribution in [3.63, 3.8) is 0 Å². The number of carbonyl (C=O) groups excluding carboxylic acids is 2. The van der Waals surface area contributed by atoms with Gasteiger partial charge >= 0.3 is 11.9 Å². The maximum absolute atomic E-state index is 11.4. The predicted octanol–water partition coefficient (Wildman–Crippen LogP) is 1.36. The summed E-state index contributed by atoms with van der Waals surface area (Å²) >= 11 is 1.45. The average Bonchev–Trinajstić information content (AvgIpc) is 2.28. The second-order valence-corrected chi connectivity index (χ2v) is 4.02. The number of rotatable bonds is 3. The Morgan fingerprint density at radius 2 is 2.33 bits per heavy atom. The quantitative estimate of drug-likeness (QED) is 0.685. The van der Waals surface area contributed by atoms with Crippen molar-refractivity contribution in [2.45, 2.75) is 13.3 Å². The Morgan fingerprint density at radius 3 is 2.93 bits per heavy atom. The number of hydrogen-bond donors (Lipinski definition) is 0. The van der Waals surface area contributed by atoms with E-state index in [-0.39, 0.29) is 17.9 Å². The summed E-state index contributed by atoms with van der Waals surface area (Å²) in [7, 11) is 1.34. The van der Waals surface area contributed by atoms with E-state index in [2.05, 4.69) is 4.74 Å². The van der Waals surface area contributed by atoms with E-state index in [1.54, 1.807) is 12.3 Å². The van der Waals surface area contributed by atoms with Gasteiger partial charge in [0.05, 0.1) is 19.6 Å². The number of carbonyl (C=O) groups is 2. The topological polar surface area (TPSA) is 52.6 Å². The van der Waals surface area contributed by atoms with Crippen molar-refractivity contribution in [3.8, 4) is 0 Å². The molecule has 0 unspecified atom stereocenters. The molecular weight excluding hydrogens is 216 g/mol. The predicted molar refractivity (Wildman–Crippen MR) is 57.3 cm³/mol. The Morgan fingerprint density at radius 1 is 1.60 bits per heavy atom. The summed E-state index contributed by atoms with van der Waals surface area (Å²) in [5.74, 6) is -0.163. The van der Waals surface area contributed by atoms with Gasteiger partial charge in [-0.15, -0.1) is 11.8 Å². The third-order valence-electron chi connectivity index (χ3n) is 2.06. The Labute approximate surface area is 93.0 Å². The molecule has 0 aromatic heterocycles. The normalized spacial score (nSPS) is 20.4. The van der Waals surface area contributed by atoms with Crippen molar-refractivity contribution in [1.82, 2.24) is 0 Å². The highest BCUT2D eigenvalue weighted by Gasteiger charge is 2.27. The van der Waals surface area contributed by atoms with Crippen LogP contribution in [0.4, 0.5) is 0 Å². The molecule has 0 N–H and O–H groups in total. The standard InChI is InChI=1S/C10H14O4S/c1-3-14-10(12)8-4-7(5-15-6-8)9(11)13-2/h5,8H,3-4,6H2,1-2H3/t8-/m0/s1. The fourth-order valence-corrected chi connectivity index (χ4v) is 2.29. The van der Waals surface area contributed by atoms with Gasteiger partial charge in [-0.05, 0) is 18.8 Å². The summed E-state index contributed by atoms with van der Waals surface area (Å²) in [5, 5.41) is 1.75. The molecule has 15 heavy (non-hydrogen) atoms. The van der Waals surface area contributed by atoms with E-state index >= 15 is 0 Å². The zero-order chi connectivity index (χ0) is 11.3. The van der Waals surface area contributed by atoms with Gasteiger partial charge in [-0.1, -0.05) is 0 Å². The Balaban J connectivity index is 2.57. The first-order chi connectivity index (χ1) is 7.19. The molecule has 1 aliphatic rings. The Kier molecular flexibility index (Phi) is 4.68. The number of hydrogen-bond acceptors (Lipinski definition) is 5. The molecule has 4 nitrogen and oxygen atoms in total. The number of esters is 2.